The van der Waals surface area contributed by atoms with Crippen molar-refractivity contribution in [2.24, 2.45) is 0 Å². The van der Waals surface area contributed by atoms with Gasteiger partial charge in [-0.25, -0.2) is 0 Å². The van der Waals surface area contributed by atoms with Crippen LogP contribution in [0.3, 0.4) is 0 Å². The molecule has 0 spiro atoms. The van der Waals surface area contributed by atoms with E-state index in [0.717, 1.165) is 29.8 Å². The molecular weight excluding hydrogens is 407 g/mol. The maximum Gasteiger partial charge on any atom is 0.252 e. The zero-order valence-corrected chi connectivity index (χ0v) is 17.4. The molecule has 0 bridgehead atoms. The van der Waals surface area contributed by atoms with Gasteiger partial charge in [-0.05, 0) is 49.2 Å². The van der Waals surface area contributed by atoms with Gasteiger partial charge >= 0.3 is 0 Å². The summed E-state index contributed by atoms with van der Waals surface area (Å²) < 4.78 is 5.59. The van der Waals surface area contributed by atoms with Crippen LogP contribution in [0.2, 0.25) is 10.0 Å². The van der Waals surface area contributed by atoms with Crippen molar-refractivity contribution in [3.8, 4) is 11.1 Å². The molecule has 4 nitrogen and oxygen atoms in total. The molecule has 1 aliphatic rings. The summed E-state index contributed by atoms with van der Waals surface area (Å²) in [5.74, 6) is -0.0708. The number of rotatable bonds is 5. The second kappa shape index (κ2) is 9.76. The second-order valence-corrected chi connectivity index (χ2v) is 7.26. The molecule has 146 valence electrons. The zero-order valence-electron chi connectivity index (χ0n) is 15.1. The lowest BCUT2D eigenvalue weighted by Gasteiger charge is -2.34. The normalized spacial score (nSPS) is 15.7. The number of nitrogens with one attached hydrogen (secondary N) is 2. The Morgan fingerprint density at radius 1 is 1.15 bits per heavy atom. The van der Waals surface area contributed by atoms with Crippen molar-refractivity contribution < 1.29 is 9.53 Å². The third-order valence-electron chi connectivity index (χ3n) is 4.89. The summed E-state index contributed by atoms with van der Waals surface area (Å²) in [5, 5.41) is 7.48. The highest BCUT2D eigenvalue weighted by atomic mass is 35.5. The summed E-state index contributed by atoms with van der Waals surface area (Å²) in [7, 11) is 1.60. The van der Waals surface area contributed by atoms with E-state index in [9.17, 15) is 4.79 Å². The first-order chi connectivity index (χ1) is 12.6. The van der Waals surface area contributed by atoms with Gasteiger partial charge in [-0.15, -0.1) is 12.4 Å². The lowest BCUT2D eigenvalue weighted by molar-refractivity contribution is -0.146. The lowest BCUT2D eigenvalue weighted by atomic mass is 9.91. The SMILES string of the molecule is COC1(C(=O)NCc2ccccc2-c2ccc(Cl)cc2Cl)CCNCC1.Cl. The number of piperidine rings is 1. The van der Waals surface area contributed by atoms with E-state index in [0.29, 0.717) is 29.4 Å². The van der Waals surface area contributed by atoms with E-state index < -0.39 is 5.60 Å². The quantitative estimate of drug-likeness (QED) is 0.737. The lowest BCUT2D eigenvalue weighted by Crippen LogP contribution is -2.53. The number of hydrogen-bond acceptors (Lipinski definition) is 3. The Labute approximate surface area is 176 Å². The molecule has 3 rings (SSSR count). The molecule has 1 saturated heterocycles. The zero-order chi connectivity index (χ0) is 18.6. The third kappa shape index (κ3) is 4.95. The van der Waals surface area contributed by atoms with Crippen molar-refractivity contribution in [1.82, 2.24) is 10.6 Å². The Morgan fingerprint density at radius 2 is 1.85 bits per heavy atom. The van der Waals surface area contributed by atoms with Crippen LogP contribution in [0.1, 0.15) is 18.4 Å². The van der Waals surface area contributed by atoms with Gasteiger partial charge in [0.05, 0.1) is 0 Å². The van der Waals surface area contributed by atoms with Gasteiger partial charge < -0.3 is 15.4 Å². The second-order valence-electron chi connectivity index (χ2n) is 6.41. The molecule has 2 aromatic carbocycles. The van der Waals surface area contributed by atoms with E-state index in [1.807, 2.05) is 36.4 Å². The first kappa shape index (κ1) is 22.0. The van der Waals surface area contributed by atoms with Crippen molar-refractivity contribution in [3.63, 3.8) is 0 Å². The van der Waals surface area contributed by atoms with Crippen LogP contribution in [-0.4, -0.2) is 31.7 Å². The van der Waals surface area contributed by atoms with Gasteiger partial charge in [-0.1, -0.05) is 53.5 Å². The molecule has 7 heteroatoms. The molecule has 0 saturated carbocycles. The molecule has 1 heterocycles. The summed E-state index contributed by atoms with van der Waals surface area (Å²) >= 11 is 12.4. The Balaban J connectivity index is 0.00000261. The number of hydrogen-bond donors (Lipinski definition) is 2. The molecule has 1 amide bonds. The molecule has 1 fully saturated rings. The van der Waals surface area contributed by atoms with Crippen molar-refractivity contribution in [2.75, 3.05) is 20.2 Å². The van der Waals surface area contributed by atoms with E-state index in [-0.39, 0.29) is 18.3 Å². The predicted octanol–water partition coefficient (Wildman–Crippen LogP) is 4.47. The van der Waals surface area contributed by atoms with E-state index in [4.69, 9.17) is 27.9 Å². The van der Waals surface area contributed by atoms with Crippen LogP contribution in [-0.2, 0) is 16.1 Å². The summed E-state index contributed by atoms with van der Waals surface area (Å²) in [6, 6.07) is 13.3. The first-order valence-electron chi connectivity index (χ1n) is 8.63. The summed E-state index contributed by atoms with van der Waals surface area (Å²) in [4.78, 5) is 12.8. The van der Waals surface area contributed by atoms with Crippen LogP contribution in [0.25, 0.3) is 11.1 Å². The van der Waals surface area contributed by atoms with Crippen LogP contribution in [0.15, 0.2) is 42.5 Å². The molecule has 0 unspecified atom stereocenters. The Kier molecular flexibility index (Phi) is 7.95. The molecule has 0 atom stereocenters. The van der Waals surface area contributed by atoms with E-state index in [1.165, 1.54) is 0 Å². The minimum atomic E-state index is -0.752. The number of ether oxygens (including phenoxy) is 1. The van der Waals surface area contributed by atoms with Gasteiger partial charge in [-0.3, -0.25) is 4.79 Å². The number of amides is 1. The maximum atomic E-state index is 12.8. The minimum absolute atomic E-state index is 0. The average Bonchev–Trinajstić information content (AvgIpc) is 2.67. The smallest absolute Gasteiger partial charge is 0.252 e. The highest BCUT2D eigenvalue weighted by molar-refractivity contribution is 6.36. The fourth-order valence-electron chi connectivity index (χ4n) is 3.34. The molecule has 2 N–H and O–H groups in total. The van der Waals surface area contributed by atoms with Crippen molar-refractivity contribution >= 4 is 41.5 Å². The summed E-state index contributed by atoms with van der Waals surface area (Å²) in [5.41, 5.74) is 2.11. The number of carbonyl (C=O) groups is 1. The molecule has 0 aromatic heterocycles. The van der Waals surface area contributed by atoms with Crippen LogP contribution < -0.4 is 10.6 Å². The van der Waals surface area contributed by atoms with Crippen molar-refractivity contribution in [3.05, 3.63) is 58.1 Å². The standard InChI is InChI=1S/C20H22Cl2N2O2.ClH/c1-26-20(8-10-23-11-9-20)19(25)24-13-14-4-2-3-5-16(14)17-7-6-15(21)12-18(17)22;/h2-7,12,23H,8-11,13H2,1H3,(H,24,25);1H. The Bertz CT molecular complexity index is 793. The average molecular weight is 430 g/mol. The van der Waals surface area contributed by atoms with Crippen LogP contribution in [0.5, 0.6) is 0 Å². The molecule has 0 radical (unpaired) electrons. The fraction of sp³-hybridized carbons (Fsp3) is 0.350. The predicted molar refractivity (Wildman–Crippen MR) is 113 cm³/mol. The van der Waals surface area contributed by atoms with Crippen LogP contribution in [0.4, 0.5) is 0 Å². The number of benzene rings is 2. The number of carbonyl (C=O) groups excluding carboxylic acids is 1. The minimum Gasteiger partial charge on any atom is -0.368 e. The topological polar surface area (TPSA) is 50.4 Å². The largest absolute Gasteiger partial charge is 0.368 e. The molecular formula is C20H23Cl3N2O2. The van der Waals surface area contributed by atoms with Gasteiger partial charge in [-0.2, -0.15) is 0 Å². The van der Waals surface area contributed by atoms with Gasteiger partial charge in [0.25, 0.3) is 5.91 Å². The Hall–Kier alpha value is -1.30. The first-order valence-corrected chi connectivity index (χ1v) is 9.39. The van der Waals surface area contributed by atoms with Gasteiger partial charge in [0.2, 0.25) is 0 Å². The van der Waals surface area contributed by atoms with Crippen LogP contribution >= 0.6 is 35.6 Å². The third-order valence-corrected chi connectivity index (χ3v) is 5.44. The van der Waals surface area contributed by atoms with Gasteiger partial charge in [0.1, 0.15) is 5.60 Å². The van der Waals surface area contributed by atoms with Gasteiger partial charge in [0.15, 0.2) is 0 Å². The molecule has 1 aliphatic heterocycles. The van der Waals surface area contributed by atoms with Crippen molar-refractivity contribution in [2.45, 2.75) is 25.0 Å². The highest BCUT2D eigenvalue weighted by Gasteiger charge is 2.39. The molecule has 0 aliphatic carbocycles. The van der Waals surface area contributed by atoms with Crippen LogP contribution in [0, 0.1) is 0 Å². The fourth-order valence-corrected chi connectivity index (χ4v) is 3.85. The molecule has 2 aromatic rings. The summed E-state index contributed by atoms with van der Waals surface area (Å²) in [6.07, 6.45) is 1.33. The van der Waals surface area contributed by atoms with E-state index in [2.05, 4.69) is 10.6 Å². The maximum absolute atomic E-state index is 12.8. The summed E-state index contributed by atoms with van der Waals surface area (Å²) in [6.45, 7) is 1.96. The number of halogens is 3. The van der Waals surface area contributed by atoms with E-state index in [1.54, 1.807) is 13.2 Å². The monoisotopic (exact) mass is 428 g/mol. The van der Waals surface area contributed by atoms with Gasteiger partial charge in [0, 0.05) is 29.3 Å². The van der Waals surface area contributed by atoms with Crippen molar-refractivity contribution in [1.29, 1.82) is 0 Å². The highest BCUT2D eigenvalue weighted by Crippen LogP contribution is 2.32. The Morgan fingerprint density at radius 3 is 2.52 bits per heavy atom. The molecule has 27 heavy (non-hydrogen) atoms. The van der Waals surface area contributed by atoms with E-state index >= 15 is 0 Å². The number of methoxy groups -OCH3 is 1.